The summed E-state index contributed by atoms with van der Waals surface area (Å²) in [6.45, 7) is 3.37. The van der Waals surface area contributed by atoms with E-state index < -0.39 is 0 Å². The molecule has 5 atom stereocenters. The molecule has 1 N–H and O–H groups in total. The van der Waals surface area contributed by atoms with Crippen LogP contribution in [0.2, 0.25) is 0 Å². The minimum atomic E-state index is 0.284. The zero-order valence-electron chi connectivity index (χ0n) is 18.6. The molecule has 5 rings (SSSR count). The number of nitrogens with zero attached hydrogens (tertiary/aromatic N) is 1. The molecule has 2 saturated carbocycles. The largest absolute Gasteiger partial charge is 0.411 e. The maximum Gasteiger partial charge on any atom is 0.156 e. The number of benzene rings is 1. The molecule has 0 amide bonds. The number of carbonyl (C=O) groups is 1. The first-order valence-electron chi connectivity index (χ1n) is 11.8. The molecular formula is C27H33NO3. The van der Waals surface area contributed by atoms with Gasteiger partial charge in [-0.1, -0.05) is 41.9 Å². The molecule has 0 bridgehead atoms. The predicted molar refractivity (Wildman–Crippen MR) is 121 cm³/mol. The molecule has 4 aliphatic carbocycles. The Kier molecular flexibility index (Phi) is 5.37. The van der Waals surface area contributed by atoms with Gasteiger partial charge in [0, 0.05) is 26.1 Å². The van der Waals surface area contributed by atoms with Crippen LogP contribution in [0.5, 0.6) is 0 Å². The number of oxime groups is 1. The Balaban J connectivity index is 1.62. The van der Waals surface area contributed by atoms with Crippen molar-refractivity contribution >= 4 is 12.0 Å². The standard InChI is InChI=1S/C27H33NO3/c1-27-14-24(18-5-3-17(4-6-18)15-28-30)26-22-11-9-21(29)13-19(22)7-10-23(26)25(27)12-8-20(27)16-31-2/h3-6,13,15,20,23-25,30H,7-12,14,16H2,1-2H3/t20-,23+,24-,25+,27-/m1/s1. The Hall–Kier alpha value is -2.20. The molecule has 0 spiro atoms. The second kappa shape index (κ2) is 8.05. The number of allylic oxidation sites excluding steroid dienone is 4. The van der Waals surface area contributed by atoms with E-state index in [1.54, 1.807) is 5.57 Å². The lowest BCUT2D eigenvalue weighted by Gasteiger charge is -2.52. The van der Waals surface area contributed by atoms with Crippen LogP contribution in [0.15, 0.2) is 52.2 Å². The van der Waals surface area contributed by atoms with Crippen molar-refractivity contribution in [1.29, 1.82) is 0 Å². The van der Waals surface area contributed by atoms with E-state index in [-0.39, 0.29) is 5.41 Å². The van der Waals surface area contributed by atoms with Gasteiger partial charge in [-0.2, -0.15) is 0 Å². The molecule has 4 aliphatic rings. The summed E-state index contributed by atoms with van der Waals surface area (Å²) in [4.78, 5) is 12.1. The third-order valence-electron chi connectivity index (χ3n) is 8.84. The molecule has 2 fully saturated rings. The van der Waals surface area contributed by atoms with Crippen molar-refractivity contribution in [3.05, 3.63) is 58.2 Å². The third-order valence-corrected chi connectivity index (χ3v) is 8.84. The number of methoxy groups -OCH3 is 1. The van der Waals surface area contributed by atoms with Gasteiger partial charge in [0.2, 0.25) is 0 Å². The van der Waals surface area contributed by atoms with Gasteiger partial charge in [0.25, 0.3) is 0 Å². The molecular weight excluding hydrogens is 386 g/mol. The van der Waals surface area contributed by atoms with E-state index in [1.807, 2.05) is 13.2 Å². The van der Waals surface area contributed by atoms with Crippen LogP contribution >= 0.6 is 0 Å². The van der Waals surface area contributed by atoms with E-state index >= 15 is 0 Å². The van der Waals surface area contributed by atoms with Crippen molar-refractivity contribution in [3.8, 4) is 0 Å². The average Bonchev–Trinajstić information content (AvgIpc) is 3.10. The van der Waals surface area contributed by atoms with E-state index in [1.165, 1.54) is 42.2 Å². The predicted octanol–water partition coefficient (Wildman–Crippen LogP) is 5.66. The van der Waals surface area contributed by atoms with Gasteiger partial charge in [-0.3, -0.25) is 4.79 Å². The smallest absolute Gasteiger partial charge is 0.156 e. The van der Waals surface area contributed by atoms with E-state index in [0.717, 1.165) is 31.4 Å². The highest BCUT2D eigenvalue weighted by atomic mass is 16.5. The fraction of sp³-hybridized carbons (Fsp3) is 0.556. The Morgan fingerprint density at radius 1 is 1.16 bits per heavy atom. The van der Waals surface area contributed by atoms with E-state index in [4.69, 9.17) is 9.94 Å². The van der Waals surface area contributed by atoms with E-state index in [0.29, 0.717) is 35.9 Å². The second-order valence-corrected chi connectivity index (χ2v) is 10.2. The fourth-order valence-corrected chi connectivity index (χ4v) is 7.42. The molecule has 0 unspecified atom stereocenters. The van der Waals surface area contributed by atoms with Gasteiger partial charge in [0.1, 0.15) is 0 Å². The number of rotatable bonds is 4. The Morgan fingerprint density at radius 3 is 2.71 bits per heavy atom. The highest BCUT2D eigenvalue weighted by Crippen LogP contribution is 2.65. The highest BCUT2D eigenvalue weighted by molar-refractivity contribution is 5.93. The van der Waals surface area contributed by atoms with Gasteiger partial charge < -0.3 is 9.94 Å². The normalized spacial score (nSPS) is 35.0. The molecule has 4 nitrogen and oxygen atoms in total. The molecule has 164 valence electrons. The van der Waals surface area contributed by atoms with Gasteiger partial charge in [-0.15, -0.1) is 0 Å². The first-order chi connectivity index (χ1) is 15.0. The number of fused-ring (bicyclic) bond motifs is 4. The molecule has 0 radical (unpaired) electrons. The summed E-state index contributed by atoms with van der Waals surface area (Å²) >= 11 is 0. The van der Waals surface area contributed by atoms with Crippen molar-refractivity contribution < 1.29 is 14.7 Å². The van der Waals surface area contributed by atoms with Crippen LogP contribution in [0.25, 0.3) is 0 Å². The van der Waals surface area contributed by atoms with Crippen LogP contribution < -0.4 is 0 Å². The van der Waals surface area contributed by atoms with Crippen molar-refractivity contribution in [2.24, 2.45) is 28.3 Å². The molecule has 4 heteroatoms. The van der Waals surface area contributed by atoms with Gasteiger partial charge in [0.05, 0.1) is 6.21 Å². The van der Waals surface area contributed by atoms with Crippen molar-refractivity contribution in [1.82, 2.24) is 0 Å². The Bertz CT molecular complexity index is 957. The van der Waals surface area contributed by atoms with Gasteiger partial charge in [-0.25, -0.2) is 0 Å². The number of carbonyl (C=O) groups excluding carboxylic acids is 1. The zero-order valence-corrected chi connectivity index (χ0v) is 18.6. The maximum atomic E-state index is 12.1. The van der Waals surface area contributed by atoms with Crippen LogP contribution in [-0.2, 0) is 9.53 Å². The first-order valence-corrected chi connectivity index (χ1v) is 11.8. The number of hydrogen-bond acceptors (Lipinski definition) is 4. The van der Waals surface area contributed by atoms with Crippen LogP contribution in [0.4, 0.5) is 0 Å². The first kappa shape index (κ1) is 20.7. The molecule has 0 heterocycles. The summed E-state index contributed by atoms with van der Waals surface area (Å²) in [5.41, 5.74) is 6.99. The van der Waals surface area contributed by atoms with Gasteiger partial charge >= 0.3 is 0 Å². The molecule has 31 heavy (non-hydrogen) atoms. The number of hydrogen-bond donors (Lipinski definition) is 1. The van der Waals surface area contributed by atoms with Crippen LogP contribution in [-0.4, -0.2) is 30.9 Å². The van der Waals surface area contributed by atoms with Crippen molar-refractivity contribution in [2.75, 3.05) is 13.7 Å². The summed E-state index contributed by atoms with van der Waals surface area (Å²) < 4.78 is 5.66. The fourth-order valence-electron chi connectivity index (χ4n) is 7.42. The zero-order chi connectivity index (χ0) is 21.6. The SMILES string of the molecule is COC[C@H]1CC[C@H]2[C@@H]3CCC4=CC(=O)CCC4=C3[C@@H](c3ccc(C=NO)cc3)C[C@]12C. The number of ketones is 1. The lowest BCUT2D eigenvalue weighted by atomic mass is 9.52. The summed E-state index contributed by atoms with van der Waals surface area (Å²) in [7, 11) is 1.84. The van der Waals surface area contributed by atoms with Crippen LogP contribution in [0.1, 0.15) is 68.9 Å². The van der Waals surface area contributed by atoms with E-state index in [9.17, 15) is 4.79 Å². The highest BCUT2D eigenvalue weighted by Gasteiger charge is 2.56. The molecule has 1 aromatic rings. The summed E-state index contributed by atoms with van der Waals surface area (Å²) in [6.07, 6.45) is 10.9. The molecule has 0 aliphatic heterocycles. The van der Waals surface area contributed by atoms with Crippen molar-refractivity contribution in [2.45, 2.75) is 57.8 Å². The number of ether oxygens (including phenoxy) is 1. The van der Waals surface area contributed by atoms with Crippen molar-refractivity contribution in [3.63, 3.8) is 0 Å². The topological polar surface area (TPSA) is 58.9 Å². The Labute approximate surface area is 185 Å². The monoisotopic (exact) mass is 419 g/mol. The minimum Gasteiger partial charge on any atom is -0.411 e. The summed E-state index contributed by atoms with van der Waals surface area (Å²) in [6, 6.07) is 8.52. The van der Waals surface area contributed by atoms with Gasteiger partial charge in [0.15, 0.2) is 5.78 Å². The molecule has 0 saturated heterocycles. The average molecular weight is 420 g/mol. The Morgan fingerprint density at radius 2 is 1.97 bits per heavy atom. The maximum absolute atomic E-state index is 12.1. The van der Waals surface area contributed by atoms with Crippen LogP contribution in [0.3, 0.4) is 0 Å². The van der Waals surface area contributed by atoms with E-state index in [2.05, 4.69) is 36.3 Å². The third kappa shape index (κ3) is 3.40. The molecule has 1 aromatic carbocycles. The second-order valence-electron chi connectivity index (χ2n) is 10.2. The lowest BCUT2D eigenvalue weighted by Crippen LogP contribution is -2.44. The van der Waals surface area contributed by atoms with Gasteiger partial charge in [-0.05, 0) is 90.0 Å². The summed E-state index contributed by atoms with van der Waals surface area (Å²) in [5.74, 6) is 2.62. The summed E-state index contributed by atoms with van der Waals surface area (Å²) in [5, 5.41) is 12.0. The quantitative estimate of drug-likeness (QED) is 0.389. The lowest BCUT2D eigenvalue weighted by molar-refractivity contribution is -0.114. The molecule has 0 aromatic heterocycles. The van der Waals surface area contributed by atoms with Crippen LogP contribution in [0, 0.1) is 23.2 Å². The minimum absolute atomic E-state index is 0.284.